The van der Waals surface area contributed by atoms with Gasteiger partial charge in [0.25, 0.3) is 0 Å². The zero-order valence-electron chi connectivity index (χ0n) is 6.55. The van der Waals surface area contributed by atoms with E-state index in [1.807, 2.05) is 13.8 Å². The summed E-state index contributed by atoms with van der Waals surface area (Å²) in [6, 6.07) is 0. The number of nitrogens with zero attached hydrogens (tertiary/aromatic N) is 2. The molecule has 1 aromatic rings. The van der Waals surface area contributed by atoms with Crippen LogP contribution in [0, 0.1) is 0 Å². The zero-order valence-corrected chi connectivity index (χ0v) is 6.55. The van der Waals surface area contributed by atoms with Gasteiger partial charge in [-0.3, -0.25) is 0 Å². The summed E-state index contributed by atoms with van der Waals surface area (Å²) in [5.74, 6) is 0. The van der Waals surface area contributed by atoms with Crippen LogP contribution in [0.4, 0.5) is 0 Å². The van der Waals surface area contributed by atoms with E-state index in [-0.39, 0.29) is 1.43 Å². The van der Waals surface area contributed by atoms with Gasteiger partial charge in [0.05, 0.1) is 12.5 Å². The first-order valence-corrected chi connectivity index (χ1v) is 3.54. The molecule has 0 saturated carbocycles. The van der Waals surface area contributed by atoms with Crippen molar-refractivity contribution < 1.29 is 1.43 Å². The fraction of sp³-hybridized carbons (Fsp3) is 0.250. The first-order chi connectivity index (χ1) is 5.47. The molecule has 0 aromatic carbocycles. The van der Waals surface area contributed by atoms with Gasteiger partial charge in [0.1, 0.15) is 5.35 Å². The molecule has 11 heavy (non-hydrogen) atoms. The summed E-state index contributed by atoms with van der Waals surface area (Å²) in [6.07, 6.45) is 3.13. The third-order valence-corrected chi connectivity index (χ3v) is 1.07. The van der Waals surface area contributed by atoms with E-state index in [1.165, 1.54) is 0 Å². The van der Waals surface area contributed by atoms with Crippen molar-refractivity contribution in [1.82, 2.24) is 9.97 Å². The number of H-pyrrole nitrogens is 1. The lowest BCUT2D eigenvalue weighted by atomic mass is 10.6. The standard InChI is InChI=1S/C6H3N3.C2H6.H2/c1-2-5-6(7-3-1)9-4-8-5;1-2;/h3-4H,(H,7,8,9);1-2H3;1H. The van der Waals surface area contributed by atoms with E-state index in [2.05, 4.69) is 26.4 Å². The van der Waals surface area contributed by atoms with Crippen LogP contribution in [-0.2, 0) is 0 Å². The Morgan fingerprint density at radius 1 is 1.55 bits per heavy atom. The molecule has 2 heterocycles. The van der Waals surface area contributed by atoms with E-state index in [4.69, 9.17) is 0 Å². The lowest BCUT2D eigenvalue weighted by Crippen LogP contribution is -2.23. The van der Waals surface area contributed by atoms with Gasteiger partial charge in [-0.25, -0.2) is 9.98 Å². The number of aromatic amines is 1. The molecule has 0 radical (unpaired) electrons. The van der Waals surface area contributed by atoms with Crippen LogP contribution in [0.3, 0.4) is 0 Å². The van der Waals surface area contributed by atoms with Crippen molar-refractivity contribution in [2.75, 3.05) is 0 Å². The third kappa shape index (κ3) is 1.47. The lowest BCUT2D eigenvalue weighted by molar-refractivity contribution is 1.17. The van der Waals surface area contributed by atoms with Crippen LogP contribution in [0.1, 0.15) is 15.3 Å². The predicted octanol–water partition coefficient (Wildman–Crippen LogP) is 0.363. The number of imidazole rings is 1. The quantitative estimate of drug-likeness (QED) is 0.532. The molecule has 2 rings (SSSR count). The average Bonchev–Trinajstić information content (AvgIpc) is 2.55. The van der Waals surface area contributed by atoms with Gasteiger partial charge in [-0.05, 0) is 11.5 Å². The Morgan fingerprint density at radius 3 is 3.09 bits per heavy atom. The third-order valence-electron chi connectivity index (χ3n) is 1.07. The van der Waals surface area contributed by atoms with Crippen LogP contribution in [0.2, 0.25) is 0 Å². The second-order valence-electron chi connectivity index (χ2n) is 1.63. The minimum atomic E-state index is 0. The van der Waals surface area contributed by atoms with Crippen molar-refractivity contribution in [2.24, 2.45) is 4.99 Å². The van der Waals surface area contributed by atoms with E-state index in [1.54, 1.807) is 12.5 Å². The van der Waals surface area contributed by atoms with Crippen LogP contribution in [0.5, 0.6) is 0 Å². The Labute approximate surface area is 66.0 Å². The van der Waals surface area contributed by atoms with Crippen molar-refractivity contribution in [2.45, 2.75) is 13.8 Å². The highest BCUT2D eigenvalue weighted by Gasteiger charge is 1.85. The molecule has 0 bridgehead atoms. The molecule has 3 nitrogen and oxygen atoms in total. The first-order valence-electron chi connectivity index (χ1n) is 3.54. The molecule has 58 valence electrons. The van der Waals surface area contributed by atoms with E-state index in [0.29, 0.717) is 5.49 Å². The Bertz CT molecular complexity index is 406. The highest BCUT2D eigenvalue weighted by molar-refractivity contribution is 5.16. The smallest absolute Gasteiger partial charge is 0.186 e. The van der Waals surface area contributed by atoms with Gasteiger partial charge in [0.15, 0.2) is 5.49 Å². The highest BCUT2D eigenvalue weighted by Crippen LogP contribution is 1.66. The molecule has 0 amide bonds. The van der Waals surface area contributed by atoms with Crippen LogP contribution in [0.15, 0.2) is 23.3 Å². The summed E-state index contributed by atoms with van der Waals surface area (Å²) in [6.45, 7) is 4.00. The fourth-order valence-electron chi connectivity index (χ4n) is 0.675. The molecule has 3 heteroatoms. The average molecular weight is 149 g/mol. The summed E-state index contributed by atoms with van der Waals surface area (Å²) in [7, 11) is 0. The maximum absolute atomic E-state index is 3.91. The van der Waals surface area contributed by atoms with Gasteiger partial charge >= 0.3 is 0 Å². The van der Waals surface area contributed by atoms with Crippen LogP contribution in [-0.4, -0.2) is 9.97 Å². The summed E-state index contributed by atoms with van der Waals surface area (Å²) in [4.78, 5) is 10.7. The monoisotopic (exact) mass is 149 g/mol. The molecule has 1 aromatic heterocycles. The Kier molecular flexibility index (Phi) is 2.45. The highest BCUT2D eigenvalue weighted by atomic mass is 14.9. The van der Waals surface area contributed by atoms with Crippen LogP contribution in [0.25, 0.3) is 5.73 Å². The van der Waals surface area contributed by atoms with Crippen molar-refractivity contribution in [3.05, 3.63) is 29.1 Å². The van der Waals surface area contributed by atoms with Gasteiger partial charge in [-0.2, -0.15) is 0 Å². The van der Waals surface area contributed by atoms with Crippen molar-refractivity contribution in [3.63, 3.8) is 0 Å². The molecule has 0 saturated heterocycles. The number of hydrogen-bond acceptors (Lipinski definition) is 2. The van der Waals surface area contributed by atoms with Gasteiger partial charge in [-0.15, -0.1) is 0 Å². The maximum atomic E-state index is 3.91. The van der Waals surface area contributed by atoms with Crippen LogP contribution >= 0.6 is 0 Å². The molecule has 0 unspecified atom stereocenters. The predicted molar refractivity (Wildman–Crippen MR) is 44.3 cm³/mol. The van der Waals surface area contributed by atoms with Gasteiger partial charge in [-0.1, -0.05) is 13.8 Å². The molecule has 0 aliphatic carbocycles. The normalized spacial score (nSPS) is 10.4. The van der Waals surface area contributed by atoms with Gasteiger partial charge < -0.3 is 4.98 Å². The molecule has 0 fully saturated rings. The lowest BCUT2D eigenvalue weighted by Gasteiger charge is -1.72. The first kappa shape index (κ1) is 7.55. The molecule has 1 aliphatic rings. The maximum Gasteiger partial charge on any atom is 0.186 e. The van der Waals surface area contributed by atoms with Crippen molar-refractivity contribution >= 4 is 5.73 Å². The second-order valence-corrected chi connectivity index (χ2v) is 1.63. The van der Waals surface area contributed by atoms with Crippen molar-refractivity contribution in [3.8, 4) is 0 Å². The topological polar surface area (TPSA) is 41.0 Å². The van der Waals surface area contributed by atoms with Gasteiger partial charge in [0.2, 0.25) is 0 Å². The second kappa shape index (κ2) is 3.57. The molecular weight excluding hydrogens is 138 g/mol. The summed E-state index contributed by atoms with van der Waals surface area (Å²) in [5, 5.41) is 0.803. The molecular formula is C8H11N3. The summed E-state index contributed by atoms with van der Waals surface area (Å²) in [5.41, 5.74) is 6.23. The van der Waals surface area contributed by atoms with E-state index in [9.17, 15) is 0 Å². The Balaban J connectivity index is 0.000000378. The van der Waals surface area contributed by atoms with Crippen molar-refractivity contribution in [1.29, 1.82) is 0 Å². The largest absolute Gasteiger partial charge is 0.336 e. The van der Waals surface area contributed by atoms with E-state index in [0.717, 1.165) is 5.35 Å². The minimum Gasteiger partial charge on any atom is -0.336 e. The Hall–Kier alpha value is -1.56. The van der Waals surface area contributed by atoms with E-state index >= 15 is 0 Å². The summed E-state index contributed by atoms with van der Waals surface area (Å²) < 4.78 is 0. The number of nitrogens with one attached hydrogen (secondary N) is 1. The Morgan fingerprint density at radius 2 is 2.36 bits per heavy atom. The number of fused-ring (bicyclic) bond motifs is 1. The molecule has 0 atom stereocenters. The molecule has 1 aliphatic heterocycles. The molecule has 1 N–H and O–H groups in total. The number of rotatable bonds is 0. The summed E-state index contributed by atoms with van der Waals surface area (Å²) >= 11 is 0. The number of hydrogen-bond donors (Lipinski definition) is 1. The van der Waals surface area contributed by atoms with Gasteiger partial charge in [0, 0.05) is 1.43 Å². The van der Waals surface area contributed by atoms with Crippen LogP contribution < -0.4 is 10.8 Å². The minimum absolute atomic E-state index is 0. The zero-order chi connectivity index (χ0) is 8.10. The SMILES string of the molecule is C1=C=c2[nH]cnc2=NC=1.CC.[HH]. The number of aromatic nitrogens is 2. The molecule has 0 spiro atoms. The fourth-order valence-corrected chi connectivity index (χ4v) is 0.675. The van der Waals surface area contributed by atoms with E-state index < -0.39 is 0 Å².